The van der Waals surface area contributed by atoms with Crippen LogP contribution in [0.5, 0.6) is 0 Å². The molecule has 1 heterocycles. The third kappa shape index (κ3) is 1.39. The number of carbonyl (C=O) groups is 1. The maximum atomic E-state index is 13.4. The van der Waals surface area contributed by atoms with E-state index < -0.39 is 0 Å². The third-order valence-corrected chi connectivity index (χ3v) is 2.64. The SMILES string of the molecule is CCC1Cc2c(F)cccc2C(=O)N1. The van der Waals surface area contributed by atoms with Gasteiger partial charge in [-0.3, -0.25) is 4.79 Å². The van der Waals surface area contributed by atoms with E-state index in [1.165, 1.54) is 6.07 Å². The molecule has 2 nitrogen and oxygen atoms in total. The lowest BCUT2D eigenvalue weighted by Gasteiger charge is -2.24. The van der Waals surface area contributed by atoms with E-state index in [2.05, 4.69) is 5.32 Å². The van der Waals surface area contributed by atoms with Crippen molar-refractivity contribution in [3.8, 4) is 0 Å². The summed E-state index contributed by atoms with van der Waals surface area (Å²) in [5, 5.41) is 2.84. The van der Waals surface area contributed by atoms with Gasteiger partial charge in [0.1, 0.15) is 5.82 Å². The van der Waals surface area contributed by atoms with E-state index in [0.29, 0.717) is 17.5 Å². The van der Waals surface area contributed by atoms with Crippen molar-refractivity contribution in [1.29, 1.82) is 0 Å². The fourth-order valence-corrected chi connectivity index (χ4v) is 1.79. The number of amides is 1. The molecule has 1 atom stereocenters. The highest BCUT2D eigenvalue weighted by Gasteiger charge is 2.24. The van der Waals surface area contributed by atoms with Crippen LogP contribution in [0.25, 0.3) is 0 Å². The van der Waals surface area contributed by atoms with Gasteiger partial charge in [-0.05, 0) is 25.0 Å². The molecular formula is C11H12FNO. The van der Waals surface area contributed by atoms with Crippen molar-refractivity contribution in [3.05, 3.63) is 35.1 Å². The molecule has 0 aliphatic carbocycles. The number of rotatable bonds is 1. The van der Waals surface area contributed by atoms with Gasteiger partial charge in [0, 0.05) is 17.2 Å². The molecule has 1 aromatic carbocycles. The minimum absolute atomic E-state index is 0.0758. The van der Waals surface area contributed by atoms with E-state index in [1.54, 1.807) is 12.1 Å². The molecule has 0 bridgehead atoms. The molecule has 1 amide bonds. The van der Waals surface area contributed by atoms with Gasteiger partial charge in [-0.15, -0.1) is 0 Å². The number of benzene rings is 1. The van der Waals surface area contributed by atoms with Crippen LogP contribution in [0.4, 0.5) is 4.39 Å². The van der Waals surface area contributed by atoms with Crippen molar-refractivity contribution >= 4 is 5.91 Å². The van der Waals surface area contributed by atoms with Gasteiger partial charge in [0.15, 0.2) is 0 Å². The minimum atomic E-state index is -0.268. The Morgan fingerprint density at radius 2 is 2.36 bits per heavy atom. The maximum absolute atomic E-state index is 13.4. The number of nitrogens with one attached hydrogen (secondary N) is 1. The van der Waals surface area contributed by atoms with Crippen LogP contribution in [0, 0.1) is 5.82 Å². The summed E-state index contributed by atoms with van der Waals surface area (Å²) in [6.45, 7) is 1.98. The summed E-state index contributed by atoms with van der Waals surface area (Å²) < 4.78 is 13.4. The summed E-state index contributed by atoms with van der Waals surface area (Å²) in [5.41, 5.74) is 1.04. The van der Waals surface area contributed by atoms with Crippen LogP contribution in [-0.2, 0) is 6.42 Å². The molecule has 0 fully saturated rings. The van der Waals surface area contributed by atoms with Crippen molar-refractivity contribution < 1.29 is 9.18 Å². The summed E-state index contributed by atoms with van der Waals surface area (Å²) in [7, 11) is 0. The lowest BCUT2D eigenvalue weighted by atomic mass is 9.93. The van der Waals surface area contributed by atoms with E-state index in [9.17, 15) is 9.18 Å². The first kappa shape index (κ1) is 9.19. The van der Waals surface area contributed by atoms with Gasteiger partial charge < -0.3 is 5.32 Å². The molecule has 1 aliphatic heterocycles. The van der Waals surface area contributed by atoms with Gasteiger partial charge in [-0.1, -0.05) is 13.0 Å². The minimum Gasteiger partial charge on any atom is -0.349 e. The van der Waals surface area contributed by atoms with Crippen LogP contribution >= 0.6 is 0 Å². The molecule has 1 unspecified atom stereocenters. The first-order valence-corrected chi connectivity index (χ1v) is 4.80. The van der Waals surface area contributed by atoms with Crippen LogP contribution in [0.1, 0.15) is 29.3 Å². The number of hydrogen-bond donors (Lipinski definition) is 1. The van der Waals surface area contributed by atoms with Gasteiger partial charge in [0.05, 0.1) is 0 Å². The topological polar surface area (TPSA) is 29.1 Å². The largest absolute Gasteiger partial charge is 0.349 e. The average molecular weight is 193 g/mol. The van der Waals surface area contributed by atoms with E-state index >= 15 is 0 Å². The van der Waals surface area contributed by atoms with Gasteiger partial charge in [0.2, 0.25) is 0 Å². The van der Waals surface area contributed by atoms with Crippen molar-refractivity contribution in [2.24, 2.45) is 0 Å². The summed E-state index contributed by atoms with van der Waals surface area (Å²) in [6.07, 6.45) is 1.43. The molecule has 0 spiro atoms. The fourth-order valence-electron chi connectivity index (χ4n) is 1.79. The van der Waals surface area contributed by atoms with Crippen LogP contribution in [0.3, 0.4) is 0 Å². The second kappa shape index (κ2) is 3.40. The highest BCUT2D eigenvalue weighted by atomic mass is 19.1. The highest BCUT2D eigenvalue weighted by molar-refractivity contribution is 5.97. The molecule has 2 rings (SSSR count). The van der Waals surface area contributed by atoms with Crippen molar-refractivity contribution in [2.75, 3.05) is 0 Å². The Hall–Kier alpha value is -1.38. The zero-order valence-electron chi connectivity index (χ0n) is 8.01. The second-order valence-corrected chi connectivity index (χ2v) is 3.55. The lowest BCUT2D eigenvalue weighted by molar-refractivity contribution is 0.0922. The van der Waals surface area contributed by atoms with Gasteiger partial charge >= 0.3 is 0 Å². The van der Waals surface area contributed by atoms with Crippen LogP contribution in [-0.4, -0.2) is 11.9 Å². The molecule has 0 saturated carbocycles. The monoisotopic (exact) mass is 193 g/mol. The van der Waals surface area contributed by atoms with E-state index in [4.69, 9.17) is 0 Å². The van der Waals surface area contributed by atoms with E-state index in [1.807, 2.05) is 6.92 Å². The van der Waals surface area contributed by atoms with Crippen molar-refractivity contribution in [3.63, 3.8) is 0 Å². The predicted molar refractivity (Wildman–Crippen MR) is 51.6 cm³/mol. The lowest BCUT2D eigenvalue weighted by Crippen LogP contribution is -2.41. The number of carbonyl (C=O) groups excluding carboxylic acids is 1. The van der Waals surface area contributed by atoms with Crippen molar-refractivity contribution in [2.45, 2.75) is 25.8 Å². The molecular weight excluding hydrogens is 181 g/mol. The molecule has 3 heteroatoms. The molecule has 1 N–H and O–H groups in total. The first-order chi connectivity index (χ1) is 6.72. The van der Waals surface area contributed by atoms with Gasteiger partial charge in [0.25, 0.3) is 5.91 Å². The Balaban J connectivity index is 2.45. The normalized spacial score (nSPS) is 20.1. The Morgan fingerprint density at radius 1 is 1.57 bits per heavy atom. The molecule has 14 heavy (non-hydrogen) atoms. The molecule has 0 radical (unpaired) electrons. The smallest absolute Gasteiger partial charge is 0.251 e. The Bertz CT molecular complexity index is 376. The molecule has 0 saturated heterocycles. The number of hydrogen-bond acceptors (Lipinski definition) is 1. The zero-order chi connectivity index (χ0) is 10.1. The maximum Gasteiger partial charge on any atom is 0.251 e. The van der Waals surface area contributed by atoms with E-state index in [-0.39, 0.29) is 17.8 Å². The molecule has 1 aromatic rings. The molecule has 1 aliphatic rings. The third-order valence-electron chi connectivity index (χ3n) is 2.64. The average Bonchev–Trinajstić information content (AvgIpc) is 2.19. The quantitative estimate of drug-likeness (QED) is 0.725. The molecule has 74 valence electrons. The summed E-state index contributed by atoms with van der Waals surface area (Å²) in [5.74, 6) is -0.423. The van der Waals surface area contributed by atoms with Crippen LogP contribution in [0.15, 0.2) is 18.2 Å². The van der Waals surface area contributed by atoms with Crippen LogP contribution < -0.4 is 5.32 Å². The van der Waals surface area contributed by atoms with Gasteiger partial charge in [-0.25, -0.2) is 4.39 Å². The number of halogens is 1. The Labute approximate surface area is 82.1 Å². The summed E-state index contributed by atoms with van der Waals surface area (Å²) in [4.78, 5) is 11.5. The number of fused-ring (bicyclic) bond motifs is 1. The Kier molecular flexibility index (Phi) is 2.23. The fraction of sp³-hybridized carbons (Fsp3) is 0.364. The summed E-state index contributed by atoms with van der Waals surface area (Å²) >= 11 is 0. The zero-order valence-corrected chi connectivity index (χ0v) is 8.01. The second-order valence-electron chi connectivity index (χ2n) is 3.55. The highest BCUT2D eigenvalue weighted by Crippen LogP contribution is 2.20. The molecule has 0 aromatic heterocycles. The Morgan fingerprint density at radius 3 is 3.07 bits per heavy atom. The van der Waals surface area contributed by atoms with Crippen molar-refractivity contribution in [1.82, 2.24) is 5.32 Å². The summed E-state index contributed by atoms with van der Waals surface area (Å²) in [6, 6.07) is 4.72. The van der Waals surface area contributed by atoms with Gasteiger partial charge in [-0.2, -0.15) is 0 Å². The standard InChI is InChI=1S/C11H12FNO/c1-2-7-6-9-8(11(14)13-7)4-3-5-10(9)12/h3-5,7H,2,6H2,1H3,(H,13,14). The van der Waals surface area contributed by atoms with Crippen LogP contribution in [0.2, 0.25) is 0 Å². The predicted octanol–water partition coefficient (Wildman–Crippen LogP) is 1.89. The van der Waals surface area contributed by atoms with E-state index in [0.717, 1.165) is 6.42 Å². The first-order valence-electron chi connectivity index (χ1n) is 4.80.